The van der Waals surface area contributed by atoms with E-state index in [0.29, 0.717) is 30.4 Å². The number of hydrogen-bond donors (Lipinski definition) is 1. The first-order chi connectivity index (χ1) is 15.0. The first-order valence-corrected chi connectivity index (χ1v) is 10.4. The van der Waals surface area contributed by atoms with Gasteiger partial charge >= 0.3 is 5.97 Å². The zero-order valence-electron chi connectivity index (χ0n) is 17.1. The predicted octanol–water partition coefficient (Wildman–Crippen LogP) is 3.12. The van der Waals surface area contributed by atoms with Gasteiger partial charge in [-0.15, -0.1) is 0 Å². The Bertz CT molecular complexity index is 1100. The second-order valence-corrected chi connectivity index (χ2v) is 7.84. The number of anilines is 1. The van der Waals surface area contributed by atoms with Crippen LogP contribution >= 0.6 is 11.6 Å². The molecule has 1 aromatic heterocycles. The van der Waals surface area contributed by atoms with E-state index in [4.69, 9.17) is 16.3 Å². The molecule has 1 N–H and O–H groups in total. The van der Waals surface area contributed by atoms with Crippen molar-refractivity contribution in [2.24, 2.45) is 0 Å². The van der Waals surface area contributed by atoms with Crippen LogP contribution in [-0.4, -0.2) is 46.3 Å². The molecule has 1 aliphatic heterocycles. The van der Waals surface area contributed by atoms with Crippen LogP contribution < -0.4 is 5.32 Å². The molecule has 0 fully saturated rings. The lowest BCUT2D eigenvalue weighted by molar-refractivity contribution is -0.148. The number of nitrogens with zero attached hydrogens (tertiary/aromatic N) is 3. The van der Waals surface area contributed by atoms with Crippen LogP contribution in [0.3, 0.4) is 0 Å². The summed E-state index contributed by atoms with van der Waals surface area (Å²) < 4.78 is 6.66. The topological polar surface area (TPSA) is 76.5 Å². The number of esters is 1. The van der Waals surface area contributed by atoms with Gasteiger partial charge in [0, 0.05) is 17.6 Å². The average molecular weight is 439 g/mol. The average Bonchev–Trinajstić information content (AvgIpc) is 3.20. The number of aromatic nitrogens is 2. The van der Waals surface area contributed by atoms with E-state index in [1.165, 1.54) is 7.11 Å². The number of ether oxygens (including phenoxy) is 1. The van der Waals surface area contributed by atoms with Crippen LogP contribution in [0.1, 0.15) is 16.7 Å². The summed E-state index contributed by atoms with van der Waals surface area (Å²) in [4.78, 5) is 27.0. The fourth-order valence-electron chi connectivity index (χ4n) is 3.83. The van der Waals surface area contributed by atoms with Crippen LogP contribution in [0.15, 0.2) is 60.8 Å². The predicted molar refractivity (Wildman–Crippen MR) is 118 cm³/mol. The molecule has 31 heavy (non-hydrogen) atoms. The van der Waals surface area contributed by atoms with Crippen LogP contribution in [0, 0.1) is 0 Å². The van der Waals surface area contributed by atoms with Crippen molar-refractivity contribution in [2.75, 3.05) is 19.0 Å². The van der Waals surface area contributed by atoms with Gasteiger partial charge in [-0.2, -0.15) is 5.10 Å². The van der Waals surface area contributed by atoms with E-state index in [9.17, 15) is 9.59 Å². The van der Waals surface area contributed by atoms with E-state index in [-0.39, 0.29) is 18.4 Å². The number of carbonyl (C=O) groups is 2. The molecule has 0 aliphatic carbocycles. The molecular weight excluding hydrogens is 416 g/mol. The molecule has 0 radical (unpaired) electrons. The molecule has 2 aromatic carbocycles. The maximum Gasteiger partial charge on any atom is 0.323 e. The number of halogens is 1. The van der Waals surface area contributed by atoms with Crippen LogP contribution in [0.2, 0.25) is 5.02 Å². The first-order valence-electron chi connectivity index (χ1n) is 9.99. The van der Waals surface area contributed by atoms with Gasteiger partial charge in [-0.05, 0) is 29.2 Å². The SMILES string of the molecule is COC(=O)C1Cc2ccccc2CN1CC(=O)Nc1ccnn1Cc1ccccc1Cl. The number of amides is 1. The lowest BCUT2D eigenvalue weighted by atomic mass is 9.94. The molecule has 0 bridgehead atoms. The third-order valence-electron chi connectivity index (χ3n) is 5.43. The highest BCUT2D eigenvalue weighted by Crippen LogP contribution is 2.24. The number of carbonyl (C=O) groups excluding carboxylic acids is 2. The van der Waals surface area contributed by atoms with E-state index in [0.717, 1.165) is 16.7 Å². The molecule has 1 aliphatic rings. The van der Waals surface area contributed by atoms with Crippen molar-refractivity contribution in [1.29, 1.82) is 0 Å². The van der Waals surface area contributed by atoms with E-state index >= 15 is 0 Å². The number of hydrogen-bond acceptors (Lipinski definition) is 5. The van der Waals surface area contributed by atoms with E-state index in [2.05, 4.69) is 10.4 Å². The second kappa shape index (κ2) is 9.32. The summed E-state index contributed by atoms with van der Waals surface area (Å²) >= 11 is 6.25. The number of rotatable bonds is 6. The summed E-state index contributed by atoms with van der Waals surface area (Å²) in [5, 5.41) is 7.84. The summed E-state index contributed by atoms with van der Waals surface area (Å²) in [6.45, 7) is 0.998. The molecule has 160 valence electrons. The van der Waals surface area contributed by atoms with Gasteiger partial charge in [0.1, 0.15) is 11.9 Å². The highest BCUT2D eigenvalue weighted by Gasteiger charge is 2.33. The summed E-state index contributed by atoms with van der Waals surface area (Å²) in [7, 11) is 1.37. The molecule has 8 heteroatoms. The second-order valence-electron chi connectivity index (χ2n) is 7.43. The third-order valence-corrected chi connectivity index (χ3v) is 5.80. The van der Waals surface area contributed by atoms with E-state index < -0.39 is 6.04 Å². The van der Waals surface area contributed by atoms with Crippen LogP contribution in [-0.2, 0) is 33.8 Å². The molecule has 7 nitrogen and oxygen atoms in total. The van der Waals surface area contributed by atoms with Crippen LogP contribution in [0.5, 0.6) is 0 Å². The Morgan fingerprint density at radius 1 is 1.13 bits per heavy atom. The van der Waals surface area contributed by atoms with Gasteiger partial charge in [-0.1, -0.05) is 54.1 Å². The van der Waals surface area contributed by atoms with Crippen molar-refractivity contribution in [3.05, 3.63) is 82.5 Å². The molecule has 1 amide bonds. The maximum atomic E-state index is 12.8. The van der Waals surface area contributed by atoms with Gasteiger partial charge in [0.05, 0.1) is 26.4 Å². The lowest BCUT2D eigenvalue weighted by Crippen LogP contribution is -2.49. The van der Waals surface area contributed by atoms with Crippen molar-refractivity contribution in [3.63, 3.8) is 0 Å². The molecule has 0 spiro atoms. The highest BCUT2D eigenvalue weighted by atomic mass is 35.5. The van der Waals surface area contributed by atoms with Gasteiger partial charge in [0.2, 0.25) is 5.91 Å². The standard InChI is InChI=1S/C23H23ClN4O3/c1-31-23(30)20-12-16-6-2-3-7-17(16)13-27(20)15-22(29)26-21-10-11-25-28(21)14-18-8-4-5-9-19(18)24/h2-11,20H,12-15H2,1H3,(H,26,29). The lowest BCUT2D eigenvalue weighted by Gasteiger charge is -2.34. The molecule has 0 saturated heterocycles. The quantitative estimate of drug-likeness (QED) is 0.598. The highest BCUT2D eigenvalue weighted by molar-refractivity contribution is 6.31. The number of fused-ring (bicyclic) bond motifs is 1. The van der Waals surface area contributed by atoms with Crippen molar-refractivity contribution < 1.29 is 14.3 Å². The first kappa shape index (κ1) is 21.1. The van der Waals surface area contributed by atoms with E-state index in [1.807, 2.05) is 53.4 Å². The van der Waals surface area contributed by atoms with Gasteiger partial charge in [-0.3, -0.25) is 14.5 Å². The molecule has 1 unspecified atom stereocenters. The Hall–Kier alpha value is -3.16. The smallest absolute Gasteiger partial charge is 0.323 e. The Balaban J connectivity index is 1.47. The number of methoxy groups -OCH3 is 1. The largest absolute Gasteiger partial charge is 0.468 e. The van der Waals surface area contributed by atoms with Crippen LogP contribution in [0.4, 0.5) is 5.82 Å². The molecule has 1 atom stereocenters. The Kier molecular flexibility index (Phi) is 6.34. The zero-order valence-corrected chi connectivity index (χ0v) is 17.9. The van der Waals surface area contributed by atoms with Gasteiger partial charge in [0.15, 0.2) is 0 Å². The molecule has 0 saturated carbocycles. The van der Waals surface area contributed by atoms with Crippen molar-refractivity contribution in [3.8, 4) is 0 Å². The Labute approximate surface area is 185 Å². The molecule has 3 aromatic rings. The number of benzene rings is 2. The molecule has 2 heterocycles. The summed E-state index contributed by atoms with van der Waals surface area (Å²) in [6.07, 6.45) is 2.14. The van der Waals surface area contributed by atoms with Gasteiger partial charge < -0.3 is 10.1 Å². The van der Waals surface area contributed by atoms with Gasteiger partial charge in [0.25, 0.3) is 0 Å². The Morgan fingerprint density at radius 2 is 1.87 bits per heavy atom. The summed E-state index contributed by atoms with van der Waals surface area (Å²) in [5.41, 5.74) is 3.12. The minimum absolute atomic E-state index is 0.0609. The monoisotopic (exact) mass is 438 g/mol. The van der Waals surface area contributed by atoms with E-state index in [1.54, 1.807) is 16.9 Å². The fraction of sp³-hybridized carbons (Fsp3) is 0.261. The molecule has 4 rings (SSSR count). The zero-order chi connectivity index (χ0) is 21.8. The van der Waals surface area contributed by atoms with Crippen molar-refractivity contribution >= 4 is 29.3 Å². The Morgan fingerprint density at radius 3 is 2.65 bits per heavy atom. The van der Waals surface area contributed by atoms with Crippen LogP contribution in [0.25, 0.3) is 0 Å². The van der Waals surface area contributed by atoms with Crippen molar-refractivity contribution in [2.45, 2.75) is 25.6 Å². The molecular formula is C23H23ClN4O3. The maximum absolute atomic E-state index is 12.8. The number of nitrogens with one attached hydrogen (secondary N) is 1. The summed E-state index contributed by atoms with van der Waals surface area (Å²) in [6, 6.07) is 16.7. The normalized spacial score (nSPS) is 15.9. The van der Waals surface area contributed by atoms with Crippen molar-refractivity contribution in [1.82, 2.24) is 14.7 Å². The minimum atomic E-state index is -0.501. The van der Waals surface area contributed by atoms with Gasteiger partial charge in [-0.25, -0.2) is 4.68 Å². The summed E-state index contributed by atoms with van der Waals surface area (Å²) in [5.74, 6) is -0.00259. The third kappa shape index (κ3) is 4.78. The minimum Gasteiger partial charge on any atom is -0.468 e. The fourth-order valence-corrected chi connectivity index (χ4v) is 4.03.